The van der Waals surface area contributed by atoms with E-state index in [0.717, 1.165) is 24.2 Å². The summed E-state index contributed by atoms with van der Waals surface area (Å²) < 4.78 is 6.68. The fourth-order valence-electron chi connectivity index (χ4n) is 3.01. The van der Waals surface area contributed by atoms with Crippen LogP contribution in [0.25, 0.3) is 16.7 Å². The maximum Gasteiger partial charge on any atom is 0.0887 e. The van der Waals surface area contributed by atoms with Gasteiger partial charge in [0.2, 0.25) is 0 Å². The molecule has 3 aromatic rings. The largest absolute Gasteiger partial charge is 1.00 e. The maximum atomic E-state index is 5.18. The maximum absolute atomic E-state index is 5.18. The number of fused-ring (bicyclic) bond motifs is 3. The van der Waals surface area contributed by atoms with Crippen molar-refractivity contribution in [2.45, 2.75) is 26.7 Å². The molecule has 29 heavy (non-hydrogen) atoms. The van der Waals surface area contributed by atoms with Gasteiger partial charge in [0, 0.05) is 0 Å². The predicted molar refractivity (Wildman–Crippen MR) is 109 cm³/mol. The molecule has 148 valence electrons. The van der Waals surface area contributed by atoms with Crippen LogP contribution in [-0.2, 0) is 30.7 Å². The van der Waals surface area contributed by atoms with Crippen molar-refractivity contribution in [2.75, 3.05) is 0 Å². The van der Waals surface area contributed by atoms with Gasteiger partial charge in [-0.05, 0) is 18.6 Å². The molecule has 0 fully saturated rings. The van der Waals surface area contributed by atoms with E-state index in [0.29, 0.717) is 0 Å². The first-order chi connectivity index (χ1) is 13.1. The summed E-state index contributed by atoms with van der Waals surface area (Å²) in [6.07, 6.45) is 10.8. The van der Waals surface area contributed by atoms with E-state index >= 15 is 0 Å². The molecule has 4 heteroatoms. The molecule has 1 heterocycles. The Kier molecular flexibility index (Phi) is 11.4. The molecule has 2 aliphatic rings. The van der Waals surface area contributed by atoms with Gasteiger partial charge in [-0.15, -0.1) is 17.6 Å². The van der Waals surface area contributed by atoms with Crippen molar-refractivity contribution in [3.05, 3.63) is 102 Å². The summed E-state index contributed by atoms with van der Waals surface area (Å²) in [5.74, 6) is 0.935. The molecule has 0 unspecified atom stereocenters. The summed E-state index contributed by atoms with van der Waals surface area (Å²) >= 11 is 1.55. The Bertz CT molecular complexity index is 925. The Morgan fingerprint density at radius 2 is 1.69 bits per heavy atom. The normalized spacial score (nSPS) is 11.9. The van der Waals surface area contributed by atoms with Gasteiger partial charge in [0.25, 0.3) is 0 Å². The van der Waals surface area contributed by atoms with Crippen molar-refractivity contribution in [2.24, 2.45) is 0 Å². The van der Waals surface area contributed by atoms with Gasteiger partial charge in [-0.25, -0.2) is 6.08 Å². The van der Waals surface area contributed by atoms with Gasteiger partial charge >= 0.3 is 41.3 Å². The summed E-state index contributed by atoms with van der Waals surface area (Å²) in [5.41, 5.74) is 6.65. The Labute approximate surface area is 201 Å². The van der Waals surface area contributed by atoms with Gasteiger partial charge in [0.1, 0.15) is 0 Å². The molecule has 1 nitrogen and oxygen atoms in total. The fraction of sp³-hybridized carbons (Fsp3) is 0.160. The second-order valence-electron chi connectivity index (χ2n) is 6.59. The van der Waals surface area contributed by atoms with E-state index in [-0.39, 0.29) is 24.8 Å². The first-order valence-corrected chi connectivity index (χ1v) is 10.3. The van der Waals surface area contributed by atoms with Crippen molar-refractivity contribution in [3.63, 3.8) is 0 Å². The van der Waals surface area contributed by atoms with Crippen LogP contribution in [0.1, 0.15) is 37.2 Å². The fourth-order valence-corrected chi connectivity index (χ4v) is 3.01. The topological polar surface area (TPSA) is 13.1 Å². The van der Waals surface area contributed by atoms with Crippen molar-refractivity contribution < 1.29 is 53.5 Å². The monoisotopic (exact) mass is 498 g/mol. The van der Waals surface area contributed by atoms with Gasteiger partial charge < -0.3 is 29.2 Å². The number of furan rings is 1. The Morgan fingerprint density at radius 1 is 0.966 bits per heavy atom. The third-order valence-electron chi connectivity index (χ3n) is 4.12. The van der Waals surface area contributed by atoms with E-state index in [2.05, 4.69) is 68.5 Å². The number of rotatable bonds is 1. The van der Waals surface area contributed by atoms with E-state index < -0.39 is 0 Å². The average molecular weight is 501 g/mol. The molecule has 0 radical (unpaired) electrons. The second-order valence-corrected chi connectivity index (χ2v) is 9.04. The smallest absolute Gasteiger partial charge is 0.0887 e. The zero-order valence-electron chi connectivity index (χ0n) is 16.5. The molecule has 0 bridgehead atoms. The third kappa shape index (κ3) is 7.38. The standard InChI is InChI=1S/C13H9.C9H7O.C3H6.2ClH.Zr/c1-3-7-12-10(5-1)9-11-6-2-4-8-13(11)12;1-2-5-8(4-1)9-6-3-7-10-9;1-3-2;;;/h1-5,7-8H,9H2;3-7H,1H2;1-2H3;2*1H;/q2*-1;;;;+2/p-2. The molecule has 0 aliphatic heterocycles. The van der Waals surface area contributed by atoms with Crippen LogP contribution in [0.4, 0.5) is 0 Å². The number of hydrogen-bond donors (Lipinski definition) is 0. The summed E-state index contributed by atoms with van der Waals surface area (Å²) in [4.78, 5) is 0. The van der Waals surface area contributed by atoms with Crippen LogP contribution in [0.5, 0.6) is 0 Å². The molecule has 2 aromatic carbocycles. The number of halogens is 2. The van der Waals surface area contributed by atoms with Gasteiger partial charge in [0.15, 0.2) is 0 Å². The molecule has 0 amide bonds. The second kappa shape index (κ2) is 13.0. The zero-order chi connectivity index (χ0) is 19.1. The third-order valence-corrected chi connectivity index (χ3v) is 4.12. The van der Waals surface area contributed by atoms with Crippen LogP contribution in [0.2, 0.25) is 0 Å². The molecule has 0 spiro atoms. The van der Waals surface area contributed by atoms with E-state index in [1.54, 1.807) is 30.5 Å². The van der Waals surface area contributed by atoms with E-state index in [1.807, 2.05) is 24.3 Å². The Balaban J connectivity index is 0.000000237. The minimum absolute atomic E-state index is 0. The van der Waals surface area contributed by atoms with Crippen LogP contribution in [-0.4, -0.2) is 3.21 Å². The minimum atomic E-state index is 0. The molecule has 5 rings (SSSR count). The quantitative estimate of drug-likeness (QED) is 0.342. The Morgan fingerprint density at radius 3 is 2.34 bits per heavy atom. The van der Waals surface area contributed by atoms with Crippen molar-refractivity contribution in [1.29, 1.82) is 0 Å². The van der Waals surface area contributed by atoms with Crippen LogP contribution in [0, 0.1) is 12.1 Å². The van der Waals surface area contributed by atoms with Crippen LogP contribution in [0.3, 0.4) is 0 Å². The number of benzene rings is 2. The van der Waals surface area contributed by atoms with Crippen LogP contribution < -0.4 is 24.8 Å². The van der Waals surface area contributed by atoms with Crippen LogP contribution >= 0.6 is 0 Å². The summed E-state index contributed by atoms with van der Waals surface area (Å²) in [7, 11) is 0. The van der Waals surface area contributed by atoms with Crippen molar-refractivity contribution >= 4 is 8.78 Å². The number of hydrogen-bond acceptors (Lipinski definition) is 1. The average Bonchev–Trinajstić information content (AvgIpc) is 3.41. The molecule has 2 aliphatic carbocycles. The van der Waals surface area contributed by atoms with Gasteiger partial charge in [-0.3, -0.25) is 6.08 Å². The van der Waals surface area contributed by atoms with Crippen molar-refractivity contribution in [3.8, 4) is 11.1 Å². The molecule has 1 aromatic heterocycles. The molecule has 0 N–H and O–H groups in total. The first kappa shape index (κ1) is 25.6. The first-order valence-electron chi connectivity index (χ1n) is 9.05. The predicted octanol–water partition coefficient (Wildman–Crippen LogP) is 0.237. The van der Waals surface area contributed by atoms with Crippen molar-refractivity contribution in [1.82, 2.24) is 0 Å². The Hall–Kier alpha value is -1.47. The molecule has 0 saturated carbocycles. The number of allylic oxidation sites excluding steroid dienone is 4. The summed E-state index contributed by atoms with van der Waals surface area (Å²) in [5, 5.41) is 0. The van der Waals surface area contributed by atoms with E-state index in [9.17, 15) is 0 Å². The van der Waals surface area contributed by atoms with Gasteiger partial charge in [-0.1, -0.05) is 35.4 Å². The zero-order valence-corrected chi connectivity index (χ0v) is 20.5. The van der Waals surface area contributed by atoms with Gasteiger partial charge in [0.05, 0.1) is 12.0 Å². The minimum Gasteiger partial charge on any atom is -1.00 e. The summed E-state index contributed by atoms with van der Waals surface area (Å²) in [6.45, 7) is 4.25. The van der Waals surface area contributed by atoms with Crippen LogP contribution in [0.15, 0.2) is 77.4 Å². The van der Waals surface area contributed by atoms with Gasteiger partial charge in [-0.2, -0.15) is 35.9 Å². The van der Waals surface area contributed by atoms with E-state index in [1.165, 1.54) is 25.5 Å². The van der Waals surface area contributed by atoms with E-state index in [4.69, 9.17) is 4.42 Å². The molecular formula is C25H22Cl2OZr-2. The molecule has 0 saturated heterocycles. The SMILES string of the molecule is C[C](C)=[Zr+2].[C-]1=CC(c2ccco2)=CC1.[Cl-].[Cl-].[c-]1cccc2c1Cc1ccccc1-2. The summed E-state index contributed by atoms with van der Waals surface area (Å²) in [6, 6.07) is 22.0. The molecule has 0 atom stereocenters. The molecular weight excluding hydrogens is 478 g/mol.